The molecule has 6 nitrogen and oxygen atoms in total. The Kier molecular flexibility index (Phi) is 7.04. The summed E-state index contributed by atoms with van der Waals surface area (Å²) in [5, 5.41) is 14.8. The molecule has 1 aromatic rings. The SMILES string of the molecule is CCNC(=NCc1nnc(C)n1C)NCCCC(C)C. The molecular weight excluding hydrogens is 252 g/mol. The van der Waals surface area contributed by atoms with Crippen LogP contribution >= 0.6 is 0 Å². The fourth-order valence-electron chi connectivity index (χ4n) is 1.80. The van der Waals surface area contributed by atoms with Crippen LogP contribution in [0.3, 0.4) is 0 Å². The molecule has 0 aliphatic heterocycles. The van der Waals surface area contributed by atoms with Crippen LogP contribution in [0.15, 0.2) is 4.99 Å². The number of aryl methyl sites for hydroxylation is 1. The maximum atomic E-state index is 4.55. The molecule has 0 spiro atoms. The van der Waals surface area contributed by atoms with E-state index in [2.05, 4.69) is 46.6 Å². The van der Waals surface area contributed by atoms with Crippen molar-refractivity contribution in [2.45, 2.75) is 47.1 Å². The van der Waals surface area contributed by atoms with Crippen molar-refractivity contribution < 1.29 is 0 Å². The summed E-state index contributed by atoms with van der Waals surface area (Å²) in [5.74, 6) is 3.38. The average Bonchev–Trinajstić information content (AvgIpc) is 2.72. The minimum atomic E-state index is 0.539. The first-order valence-corrected chi connectivity index (χ1v) is 7.41. The molecule has 0 aliphatic carbocycles. The normalized spacial score (nSPS) is 12.0. The summed E-state index contributed by atoms with van der Waals surface area (Å²) < 4.78 is 1.96. The van der Waals surface area contributed by atoms with E-state index in [9.17, 15) is 0 Å². The first kappa shape index (κ1) is 16.5. The standard InChI is InChI=1S/C14H28N6/c1-6-15-14(16-9-7-8-11(2)3)17-10-13-19-18-12(4)20(13)5/h11H,6-10H2,1-5H3,(H2,15,16,17). The third-order valence-electron chi connectivity index (χ3n) is 3.16. The Morgan fingerprint density at radius 1 is 1.30 bits per heavy atom. The second-order valence-corrected chi connectivity index (χ2v) is 5.38. The van der Waals surface area contributed by atoms with E-state index in [0.717, 1.165) is 43.0 Å². The smallest absolute Gasteiger partial charge is 0.191 e. The van der Waals surface area contributed by atoms with E-state index >= 15 is 0 Å². The molecule has 0 aliphatic rings. The van der Waals surface area contributed by atoms with Gasteiger partial charge in [0.2, 0.25) is 0 Å². The van der Waals surface area contributed by atoms with Crippen molar-refractivity contribution in [1.29, 1.82) is 0 Å². The number of hydrogen-bond acceptors (Lipinski definition) is 3. The Morgan fingerprint density at radius 3 is 2.60 bits per heavy atom. The number of nitrogens with one attached hydrogen (secondary N) is 2. The molecule has 0 saturated heterocycles. The van der Waals surface area contributed by atoms with Gasteiger partial charge in [0.1, 0.15) is 12.4 Å². The van der Waals surface area contributed by atoms with E-state index in [1.54, 1.807) is 0 Å². The van der Waals surface area contributed by atoms with Crippen LogP contribution < -0.4 is 10.6 Å². The van der Waals surface area contributed by atoms with Gasteiger partial charge in [-0.3, -0.25) is 0 Å². The van der Waals surface area contributed by atoms with Gasteiger partial charge >= 0.3 is 0 Å². The predicted octanol–water partition coefficient (Wildman–Crippen LogP) is 1.61. The highest BCUT2D eigenvalue weighted by Gasteiger charge is 2.04. The van der Waals surface area contributed by atoms with Gasteiger partial charge in [0.25, 0.3) is 0 Å². The lowest BCUT2D eigenvalue weighted by Crippen LogP contribution is -2.37. The molecule has 114 valence electrons. The van der Waals surface area contributed by atoms with Crippen molar-refractivity contribution in [3.8, 4) is 0 Å². The molecular formula is C14H28N6. The van der Waals surface area contributed by atoms with E-state index in [1.807, 2.05) is 18.5 Å². The van der Waals surface area contributed by atoms with Gasteiger partial charge in [0.15, 0.2) is 11.8 Å². The zero-order valence-electron chi connectivity index (χ0n) is 13.4. The molecule has 0 aromatic carbocycles. The quantitative estimate of drug-likeness (QED) is 0.452. The minimum Gasteiger partial charge on any atom is -0.357 e. The number of hydrogen-bond donors (Lipinski definition) is 2. The summed E-state index contributed by atoms with van der Waals surface area (Å²) in [7, 11) is 1.96. The minimum absolute atomic E-state index is 0.539. The summed E-state index contributed by atoms with van der Waals surface area (Å²) in [6.45, 7) is 10.8. The Morgan fingerprint density at radius 2 is 2.05 bits per heavy atom. The summed E-state index contributed by atoms with van der Waals surface area (Å²) in [5.41, 5.74) is 0. The van der Waals surface area contributed by atoms with Crippen LogP contribution in [0, 0.1) is 12.8 Å². The zero-order chi connectivity index (χ0) is 15.0. The summed E-state index contributed by atoms with van der Waals surface area (Å²) in [4.78, 5) is 4.55. The van der Waals surface area contributed by atoms with Gasteiger partial charge in [-0.05, 0) is 32.6 Å². The lowest BCUT2D eigenvalue weighted by atomic mass is 10.1. The highest BCUT2D eigenvalue weighted by Crippen LogP contribution is 2.02. The molecule has 6 heteroatoms. The average molecular weight is 280 g/mol. The van der Waals surface area contributed by atoms with Crippen LogP contribution in [0.1, 0.15) is 45.3 Å². The van der Waals surface area contributed by atoms with Gasteiger partial charge in [-0.25, -0.2) is 4.99 Å². The number of nitrogens with zero attached hydrogens (tertiary/aromatic N) is 4. The topological polar surface area (TPSA) is 67.1 Å². The molecule has 0 saturated carbocycles. The molecule has 0 radical (unpaired) electrons. The molecule has 20 heavy (non-hydrogen) atoms. The van der Waals surface area contributed by atoms with Crippen LogP contribution in [0.5, 0.6) is 0 Å². The van der Waals surface area contributed by atoms with Crippen molar-refractivity contribution in [3.05, 3.63) is 11.6 Å². The number of rotatable bonds is 7. The van der Waals surface area contributed by atoms with Gasteiger partial charge in [-0.2, -0.15) is 0 Å². The van der Waals surface area contributed by atoms with E-state index < -0.39 is 0 Å². The lowest BCUT2D eigenvalue weighted by molar-refractivity contribution is 0.549. The number of guanidine groups is 1. The highest BCUT2D eigenvalue weighted by molar-refractivity contribution is 5.79. The molecule has 0 fully saturated rings. The second-order valence-electron chi connectivity index (χ2n) is 5.38. The zero-order valence-corrected chi connectivity index (χ0v) is 13.4. The van der Waals surface area contributed by atoms with Gasteiger partial charge in [0.05, 0.1) is 0 Å². The fourth-order valence-corrected chi connectivity index (χ4v) is 1.80. The van der Waals surface area contributed by atoms with Crippen LogP contribution in [0.4, 0.5) is 0 Å². The summed E-state index contributed by atoms with van der Waals surface area (Å²) >= 11 is 0. The Hall–Kier alpha value is -1.59. The maximum Gasteiger partial charge on any atom is 0.191 e. The van der Waals surface area contributed by atoms with Crippen molar-refractivity contribution in [1.82, 2.24) is 25.4 Å². The van der Waals surface area contributed by atoms with E-state index in [1.165, 1.54) is 6.42 Å². The van der Waals surface area contributed by atoms with Crippen LogP contribution in [-0.4, -0.2) is 33.8 Å². The third-order valence-corrected chi connectivity index (χ3v) is 3.16. The maximum absolute atomic E-state index is 4.55. The molecule has 1 aromatic heterocycles. The summed E-state index contributed by atoms with van der Waals surface area (Å²) in [6.07, 6.45) is 2.39. The largest absolute Gasteiger partial charge is 0.357 e. The van der Waals surface area contributed by atoms with E-state index in [4.69, 9.17) is 0 Å². The van der Waals surface area contributed by atoms with Crippen molar-refractivity contribution in [2.75, 3.05) is 13.1 Å². The monoisotopic (exact) mass is 280 g/mol. The molecule has 0 unspecified atom stereocenters. The predicted molar refractivity (Wildman–Crippen MR) is 82.6 cm³/mol. The molecule has 0 amide bonds. The molecule has 1 heterocycles. The molecule has 1 rings (SSSR count). The van der Waals surface area contributed by atoms with Gasteiger partial charge in [-0.1, -0.05) is 13.8 Å². The van der Waals surface area contributed by atoms with Gasteiger partial charge < -0.3 is 15.2 Å². The Bertz CT molecular complexity index is 421. The van der Waals surface area contributed by atoms with Crippen LogP contribution in [0.2, 0.25) is 0 Å². The van der Waals surface area contributed by atoms with Crippen molar-refractivity contribution in [2.24, 2.45) is 18.0 Å². The van der Waals surface area contributed by atoms with E-state index in [-0.39, 0.29) is 0 Å². The van der Waals surface area contributed by atoms with E-state index in [0.29, 0.717) is 6.54 Å². The fraction of sp³-hybridized carbons (Fsp3) is 0.786. The number of aliphatic imine (C=N–C) groups is 1. The highest BCUT2D eigenvalue weighted by atomic mass is 15.3. The van der Waals surface area contributed by atoms with Gasteiger partial charge in [0, 0.05) is 20.1 Å². The Balaban J connectivity index is 2.48. The third kappa shape index (κ3) is 5.59. The van der Waals surface area contributed by atoms with Crippen LogP contribution in [-0.2, 0) is 13.6 Å². The molecule has 0 atom stereocenters. The number of aromatic nitrogens is 3. The Labute approximate surface area is 122 Å². The molecule has 0 bridgehead atoms. The molecule has 2 N–H and O–H groups in total. The van der Waals surface area contributed by atoms with Gasteiger partial charge in [-0.15, -0.1) is 10.2 Å². The first-order valence-electron chi connectivity index (χ1n) is 7.41. The second kappa shape index (κ2) is 8.55. The van der Waals surface area contributed by atoms with Crippen molar-refractivity contribution in [3.63, 3.8) is 0 Å². The van der Waals surface area contributed by atoms with Crippen LogP contribution in [0.25, 0.3) is 0 Å². The first-order chi connectivity index (χ1) is 9.54. The lowest BCUT2D eigenvalue weighted by Gasteiger charge is -2.11. The van der Waals surface area contributed by atoms with Crippen molar-refractivity contribution >= 4 is 5.96 Å². The summed E-state index contributed by atoms with van der Waals surface area (Å²) in [6, 6.07) is 0.